The summed E-state index contributed by atoms with van der Waals surface area (Å²) in [6.07, 6.45) is 11.1. The van der Waals surface area contributed by atoms with Crippen molar-refractivity contribution in [2.75, 3.05) is 50.1 Å². The summed E-state index contributed by atoms with van der Waals surface area (Å²) in [4.78, 5) is 7.01. The molecule has 7 rings (SSSR count). The Morgan fingerprint density at radius 2 is 1.25 bits per heavy atom. The molecule has 4 aromatic rings. The Morgan fingerprint density at radius 3 is 1.83 bits per heavy atom. The summed E-state index contributed by atoms with van der Waals surface area (Å²) in [5.41, 5.74) is 10.8. The molecule has 6 nitrogen and oxygen atoms in total. The van der Waals surface area contributed by atoms with E-state index >= 15 is 0 Å². The molecule has 1 atom stereocenters. The van der Waals surface area contributed by atoms with Gasteiger partial charge in [0.15, 0.2) is 5.72 Å². The lowest BCUT2D eigenvalue weighted by Crippen LogP contribution is -2.54. The Balaban J connectivity index is 1.39. The molecule has 1 aliphatic carbocycles. The third kappa shape index (κ3) is 5.52. The highest BCUT2D eigenvalue weighted by molar-refractivity contribution is 5.76. The second-order valence-electron chi connectivity index (χ2n) is 15.0. The van der Waals surface area contributed by atoms with E-state index in [0.29, 0.717) is 0 Å². The Kier molecular flexibility index (Phi) is 9.08. The molecular formula is C46H51N3O3. The Bertz CT molecular complexity index is 2050. The standard InChI is InChI=1S/C46H51N3O3/c1-44(2)38-30-36(50-7)23-25-40(38)47(5)42(44)27-22-32-20-21-33(43(32)49(34-16-12-10-13-17-34)35-18-14-11-15-19-35)28-29-46(52-9)45(3,4)39-31-37(51-8)24-26-41(39)48(46)6/h10-19,22-31H,20-21H2,1-9H3/b29-28+,32-22+,42-27-. The zero-order chi connectivity index (χ0) is 36.8. The molecule has 0 N–H and O–H groups in total. The maximum absolute atomic E-state index is 6.55. The number of anilines is 4. The van der Waals surface area contributed by atoms with E-state index in [0.717, 1.165) is 41.4 Å². The molecule has 268 valence electrons. The first-order valence-corrected chi connectivity index (χ1v) is 18.1. The smallest absolute Gasteiger partial charge is 0.169 e. The number of ether oxygens (including phenoxy) is 3. The molecule has 0 fully saturated rings. The number of fused-ring (bicyclic) bond motifs is 2. The molecule has 0 aromatic heterocycles. The molecule has 0 saturated carbocycles. The van der Waals surface area contributed by atoms with Gasteiger partial charge in [0.2, 0.25) is 0 Å². The molecule has 2 aliphatic heterocycles. The zero-order valence-corrected chi connectivity index (χ0v) is 32.0. The van der Waals surface area contributed by atoms with Gasteiger partial charge in [0.25, 0.3) is 0 Å². The van der Waals surface area contributed by atoms with Crippen LogP contribution in [0.25, 0.3) is 0 Å². The van der Waals surface area contributed by atoms with Gasteiger partial charge in [0.05, 0.1) is 19.9 Å². The van der Waals surface area contributed by atoms with E-state index in [-0.39, 0.29) is 10.8 Å². The molecular weight excluding hydrogens is 643 g/mol. The van der Waals surface area contributed by atoms with Crippen LogP contribution in [0.3, 0.4) is 0 Å². The lowest BCUT2D eigenvalue weighted by molar-refractivity contribution is -0.0129. The van der Waals surface area contributed by atoms with Crippen molar-refractivity contribution in [2.45, 2.75) is 57.1 Å². The van der Waals surface area contributed by atoms with Crippen LogP contribution in [0.4, 0.5) is 22.7 Å². The SMILES string of the molecule is COc1ccc2c(c1)C(C)(C)/C(=C/C=C1\CCC(/C=C/C3(OC)N(C)c4ccc(OC)cc4C3(C)C)=C1N(c1ccccc1)c1ccccc1)N2C. The number of nitrogens with zero attached hydrogens (tertiary/aromatic N) is 3. The van der Waals surface area contributed by atoms with E-state index < -0.39 is 5.72 Å². The third-order valence-electron chi connectivity index (χ3n) is 11.7. The van der Waals surface area contributed by atoms with Crippen LogP contribution >= 0.6 is 0 Å². The molecule has 0 radical (unpaired) electrons. The summed E-state index contributed by atoms with van der Waals surface area (Å²) < 4.78 is 17.8. The molecule has 2 heterocycles. The first-order valence-electron chi connectivity index (χ1n) is 18.1. The topological polar surface area (TPSA) is 37.4 Å². The van der Waals surface area contributed by atoms with Crippen LogP contribution in [-0.4, -0.2) is 41.1 Å². The van der Waals surface area contributed by atoms with Gasteiger partial charge in [0, 0.05) is 60.5 Å². The minimum Gasteiger partial charge on any atom is -0.497 e. The average molecular weight is 694 g/mol. The van der Waals surface area contributed by atoms with Crippen LogP contribution in [0.2, 0.25) is 0 Å². The largest absolute Gasteiger partial charge is 0.497 e. The molecule has 4 aromatic carbocycles. The van der Waals surface area contributed by atoms with Crippen molar-refractivity contribution in [3.05, 3.63) is 155 Å². The van der Waals surface area contributed by atoms with E-state index in [9.17, 15) is 0 Å². The van der Waals surface area contributed by atoms with E-state index in [1.165, 1.54) is 39.4 Å². The summed E-state index contributed by atoms with van der Waals surface area (Å²) in [7, 11) is 9.57. The van der Waals surface area contributed by atoms with Crippen molar-refractivity contribution in [2.24, 2.45) is 0 Å². The van der Waals surface area contributed by atoms with Crippen molar-refractivity contribution in [3.8, 4) is 11.5 Å². The van der Waals surface area contributed by atoms with E-state index in [2.05, 4.69) is 166 Å². The number of likely N-dealkylation sites (N-methyl/N-ethyl adjacent to an activating group) is 2. The summed E-state index contributed by atoms with van der Waals surface area (Å²) in [6.45, 7) is 9.13. The van der Waals surface area contributed by atoms with E-state index in [1.54, 1.807) is 14.2 Å². The number of hydrogen-bond acceptors (Lipinski definition) is 6. The fraction of sp³-hybridized carbons (Fsp3) is 0.304. The lowest BCUT2D eigenvalue weighted by atomic mass is 9.77. The first-order chi connectivity index (χ1) is 25.0. The van der Waals surface area contributed by atoms with Gasteiger partial charge in [-0.1, -0.05) is 76.2 Å². The molecule has 6 heteroatoms. The first kappa shape index (κ1) is 35.2. The highest BCUT2D eigenvalue weighted by Gasteiger charge is 2.55. The van der Waals surface area contributed by atoms with Gasteiger partial charge in [-0.05, 0) is 108 Å². The molecule has 0 saturated heterocycles. The van der Waals surface area contributed by atoms with Crippen LogP contribution in [0.15, 0.2) is 144 Å². The number of methoxy groups -OCH3 is 3. The third-order valence-corrected chi connectivity index (χ3v) is 11.7. The number of para-hydroxylation sites is 2. The van der Waals surface area contributed by atoms with Crippen molar-refractivity contribution < 1.29 is 14.2 Å². The van der Waals surface area contributed by atoms with Crippen LogP contribution in [0.1, 0.15) is 51.7 Å². The van der Waals surface area contributed by atoms with Gasteiger partial charge in [0.1, 0.15) is 11.5 Å². The minimum absolute atomic E-state index is 0.194. The van der Waals surface area contributed by atoms with E-state index in [1.807, 2.05) is 19.2 Å². The molecule has 3 aliphatic rings. The van der Waals surface area contributed by atoms with Gasteiger partial charge in [-0.2, -0.15) is 0 Å². The maximum atomic E-state index is 6.55. The number of allylic oxidation sites excluding steroid dienone is 6. The van der Waals surface area contributed by atoms with Gasteiger partial charge < -0.3 is 28.9 Å². The van der Waals surface area contributed by atoms with Crippen molar-refractivity contribution in [1.82, 2.24) is 0 Å². The van der Waals surface area contributed by atoms with Crippen molar-refractivity contribution in [1.29, 1.82) is 0 Å². The Hall–Kier alpha value is -5.20. The summed E-state index contributed by atoms with van der Waals surface area (Å²) in [6, 6.07) is 34.1. The minimum atomic E-state index is -0.720. The predicted octanol–water partition coefficient (Wildman–Crippen LogP) is 10.5. The van der Waals surface area contributed by atoms with Crippen molar-refractivity contribution in [3.63, 3.8) is 0 Å². The van der Waals surface area contributed by atoms with E-state index in [4.69, 9.17) is 14.2 Å². The molecule has 0 spiro atoms. The number of benzene rings is 4. The highest BCUT2D eigenvalue weighted by Crippen LogP contribution is 2.54. The maximum Gasteiger partial charge on any atom is 0.169 e. The highest BCUT2D eigenvalue weighted by atomic mass is 16.5. The van der Waals surface area contributed by atoms with Crippen LogP contribution in [0.5, 0.6) is 11.5 Å². The van der Waals surface area contributed by atoms with Crippen LogP contribution < -0.4 is 24.2 Å². The monoisotopic (exact) mass is 693 g/mol. The van der Waals surface area contributed by atoms with Gasteiger partial charge in [-0.25, -0.2) is 0 Å². The Morgan fingerprint density at radius 1 is 0.673 bits per heavy atom. The normalized spacial score (nSPS) is 21.7. The number of hydrogen-bond donors (Lipinski definition) is 0. The average Bonchev–Trinajstić information content (AvgIpc) is 3.70. The van der Waals surface area contributed by atoms with Gasteiger partial charge >= 0.3 is 0 Å². The molecule has 0 bridgehead atoms. The second kappa shape index (κ2) is 13.4. The predicted molar refractivity (Wildman–Crippen MR) is 215 cm³/mol. The quantitative estimate of drug-likeness (QED) is 0.174. The fourth-order valence-corrected chi connectivity index (χ4v) is 8.73. The summed E-state index contributed by atoms with van der Waals surface area (Å²) in [5.74, 6) is 1.73. The van der Waals surface area contributed by atoms with Crippen molar-refractivity contribution >= 4 is 22.7 Å². The molecule has 52 heavy (non-hydrogen) atoms. The van der Waals surface area contributed by atoms with Gasteiger partial charge in [-0.15, -0.1) is 0 Å². The number of rotatable bonds is 9. The van der Waals surface area contributed by atoms with Gasteiger partial charge in [-0.3, -0.25) is 0 Å². The molecule has 1 unspecified atom stereocenters. The van der Waals surface area contributed by atoms with Crippen LogP contribution in [-0.2, 0) is 15.6 Å². The summed E-state index contributed by atoms with van der Waals surface area (Å²) >= 11 is 0. The molecule has 0 amide bonds. The summed E-state index contributed by atoms with van der Waals surface area (Å²) in [5, 5.41) is 0. The Labute approximate surface area is 309 Å². The zero-order valence-electron chi connectivity index (χ0n) is 32.0. The van der Waals surface area contributed by atoms with Crippen LogP contribution in [0, 0.1) is 0 Å². The fourth-order valence-electron chi connectivity index (χ4n) is 8.73. The lowest BCUT2D eigenvalue weighted by Gasteiger charge is -2.43. The second-order valence-corrected chi connectivity index (χ2v) is 15.0.